The number of aryl methyl sites for hydroxylation is 1. The second kappa shape index (κ2) is 4.50. The topological polar surface area (TPSA) is 52.2 Å². The number of rotatable bonds is 3. The third-order valence-corrected chi connectivity index (χ3v) is 2.40. The first kappa shape index (κ1) is 10.4. The molecule has 72 valence electrons. The normalized spacial score (nSPS) is 15.3. The Bertz CT molecular complexity index is 297. The fourth-order valence-corrected chi connectivity index (χ4v) is 1.49. The molecule has 0 saturated heterocycles. The van der Waals surface area contributed by atoms with Gasteiger partial charge in [0.1, 0.15) is 0 Å². The van der Waals surface area contributed by atoms with E-state index in [0.29, 0.717) is 0 Å². The fraction of sp³-hybridized carbons (Fsp3) is 0.333. The zero-order valence-corrected chi connectivity index (χ0v) is 8.43. The van der Waals surface area contributed by atoms with Crippen molar-refractivity contribution in [3.8, 4) is 0 Å². The number of benzene rings is 1. The highest BCUT2D eigenvalue weighted by Crippen LogP contribution is 2.12. The molecule has 1 aromatic rings. The summed E-state index contributed by atoms with van der Waals surface area (Å²) >= 11 is -2.20. The van der Waals surface area contributed by atoms with Gasteiger partial charge in [0, 0.05) is 17.3 Å². The van der Waals surface area contributed by atoms with E-state index in [4.69, 9.17) is 0 Å². The van der Waals surface area contributed by atoms with Crippen molar-refractivity contribution in [2.75, 3.05) is 0 Å². The van der Waals surface area contributed by atoms with Gasteiger partial charge in [-0.2, -0.15) is 0 Å². The summed E-state index contributed by atoms with van der Waals surface area (Å²) in [6.45, 7) is 3.80. The van der Waals surface area contributed by atoms with Gasteiger partial charge in [-0.05, 0) is 19.4 Å². The molecule has 2 unspecified atom stereocenters. The Balaban J connectivity index is 2.71. The molecule has 0 aliphatic heterocycles. The molecule has 4 heteroatoms. The summed E-state index contributed by atoms with van der Waals surface area (Å²) in [5, 5.41) is 0. The van der Waals surface area contributed by atoms with Crippen LogP contribution in [-0.4, -0.2) is 8.76 Å². The van der Waals surface area contributed by atoms with Gasteiger partial charge in [0.05, 0.1) is 0 Å². The molecule has 0 aliphatic rings. The van der Waals surface area contributed by atoms with Crippen LogP contribution in [0.1, 0.15) is 24.1 Å². The Morgan fingerprint density at radius 3 is 2.38 bits per heavy atom. The average molecular weight is 198 g/mol. The van der Waals surface area contributed by atoms with Crippen molar-refractivity contribution in [3.63, 3.8) is 0 Å². The van der Waals surface area contributed by atoms with Crippen molar-refractivity contribution in [3.05, 3.63) is 35.4 Å². The highest BCUT2D eigenvalue weighted by molar-refractivity contribution is 7.77. The van der Waals surface area contributed by atoms with Crippen molar-refractivity contribution in [1.29, 1.82) is 0 Å². The highest BCUT2D eigenvalue weighted by atomic mass is 32.2. The van der Waals surface area contributed by atoms with Crippen LogP contribution in [0.5, 0.6) is 0 Å². The van der Waals surface area contributed by atoms with E-state index in [-0.39, 0.29) is 6.04 Å². The van der Waals surface area contributed by atoms with E-state index in [1.165, 1.54) is 5.56 Å². The lowest BCUT2D eigenvalue weighted by Crippen LogP contribution is -2.20. The summed E-state index contributed by atoms with van der Waals surface area (Å²) in [5.41, 5.74) is 2.13. The van der Waals surface area contributed by atoms with Gasteiger partial charge in [-0.25, -0.2) is 4.72 Å². The average Bonchev–Trinajstić information content (AvgIpc) is 2.04. The predicted molar refractivity (Wildman–Crippen MR) is 51.6 cm³/mol. The van der Waals surface area contributed by atoms with Crippen LogP contribution >= 0.6 is 0 Å². The minimum Gasteiger partial charge on any atom is -0.760 e. The van der Waals surface area contributed by atoms with E-state index in [0.717, 1.165) is 5.56 Å². The molecule has 3 nitrogen and oxygen atoms in total. The van der Waals surface area contributed by atoms with Gasteiger partial charge in [0.15, 0.2) is 0 Å². The van der Waals surface area contributed by atoms with E-state index in [1.54, 1.807) is 6.92 Å². The lowest BCUT2D eigenvalue weighted by molar-refractivity contribution is 0.512. The zero-order valence-electron chi connectivity index (χ0n) is 7.61. The van der Waals surface area contributed by atoms with E-state index in [1.807, 2.05) is 31.2 Å². The van der Waals surface area contributed by atoms with Crippen LogP contribution in [0.25, 0.3) is 0 Å². The molecule has 13 heavy (non-hydrogen) atoms. The standard InChI is InChI=1S/C9H13NO2S/c1-7-3-5-9(6-4-7)8(2)10-13(11)12/h3-6,8,10H,1-2H3,(H,11,12)/p-1. The van der Waals surface area contributed by atoms with Gasteiger partial charge in [-0.15, -0.1) is 0 Å². The van der Waals surface area contributed by atoms with Gasteiger partial charge < -0.3 is 4.55 Å². The van der Waals surface area contributed by atoms with Gasteiger partial charge in [-0.3, -0.25) is 4.21 Å². The van der Waals surface area contributed by atoms with Crippen LogP contribution in [0.2, 0.25) is 0 Å². The van der Waals surface area contributed by atoms with Gasteiger partial charge >= 0.3 is 0 Å². The summed E-state index contributed by atoms with van der Waals surface area (Å²) in [6, 6.07) is 7.58. The van der Waals surface area contributed by atoms with E-state index in [2.05, 4.69) is 4.72 Å². The minimum absolute atomic E-state index is 0.168. The molecule has 0 fully saturated rings. The van der Waals surface area contributed by atoms with Crippen LogP contribution < -0.4 is 4.72 Å². The Kier molecular flexibility index (Phi) is 3.59. The maximum Gasteiger partial charge on any atom is 0.0405 e. The van der Waals surface area contributed by atoms with E-state index in [9.17, 15) is 8.76 Å². The quantitative estimate of drug-likeness (QED) is 0.747. The summed E-state index contributed by atoms with van der Waals surface area (Å²) < 4.78 is 23.1. The molecular formula is C9H12NO2S-. The molecule has 0 aliphatic carbocycles. The molecule has 1 aromatic carbocycles. The first-order valence-corrected chi connectivity index (χ1v) is 5.09. The molecule has 1 rings (SSSR count). The molecule has 0 spiro atoms. The van der Waals surface area contributed by atoms with Crippen molar-refractivity contribution < 1.29 is 8.76 Å². The largest absolute Gasteiger partial charge is 0.760 e. The van der Waals surface area contributed by atoms with Crippen LogP contribution in [0.15, 0.2) is 24.3 Å². The molecule has 0 saturated carbocycles. The van der Waals surface area contributed by atoms with E-state index >= 15 is 0 Å². The van der Waals surface area contributed by atoms with Crippen LogP contribution in [0.3, 0.4) is 0 Å². The molecule has 0 aromatic heterocycles. The monoisotopic (exact) mass is 198 g/mol. The summed E-state index contributed by atoms with van der Waals surface area (Å²) in [4.78, 5) is 0. The maximum absolute atomic E-state index is 10.3. The van der Waals surface area contributed by atoms with Gasteiger partial charge in [0.2, 0.25) is 0 Å². The molecule has 0 amide bonds. The lowest BCUT2D eigenvalue weighted by atomic mass is 10.1. The van der Waals surface area contributed by atoms with Crippen molar-refractivity contribution in [2.24, 2.45) is 0 Å². The minimum atomic E-state index is -2.20. The van der Waals surface area contributed by atoms with Crippen LogP contribution in [-0.2, 0) is 11.3 Å². The summed E-state index contributed by atoms with van der Waals surface area (Å²) in [6.07, 6.45) is 0. The van der Waals surface area contributed by atoms with Crippen LogP contribution in [0.4, 0.5) is 0 Å². The molecule has 2 atom stereocenters. The van der Waals surface area contributed by atoms with Crippen LogP contribution in [0, 0.1) is 6.92 Å². The molecule has 0 radical (unpaired) electrons. The third kappa shape index (κ3) is 3.26. The Morgan fingerprint density at radius 2 is 1.92 bits per heavy atom. The number of hydrogen-bond donors (Lipinski definition) is 1. The summed E-state index contributed by atoms with van der Waals surface area (Å²) in [5.74, 6) is 0. The smallest absolute Gasteiger partial charge is 0.0405 e. The Hall–Kier alpha value is -0.710. The second-order valence-corrected chi connectivity index (χ2v) is 3.69. The Morgan fingerprint density at radius 1 is 1.38 bits per heavy atom. The van der Waals surface area contributed by atoms with Gasteiger partial charge in [-0.1, -0.05) is 29.8 Å². The first-order valence-electron chi connectivity index (χ1n) is 4.01. The third-order valence-electron chi connectivity index (χ3n) is 1.85. The zero-order chi connectivity index (χ0) is 9.84. The number of hydrogen-bond acceptors (Lipinski definition) is 2. The van der Waals surface area contributed by atoms with Gasteiger partial charge in [0.25, 0.3) is 0 Å². The van der Waals surface area contributed by atoms with E-state index < -0.39 is 11.3 Å². The van der Waals surface area contributed by atoms with Crippen molar-refractivity contribution >= 4 is 11.3 Å². The second-order valence-electron chi connectivity index (χ2n) is 2.98. The molecule has 0 bridgehead atoms. The van der Waals surface area contributed by atoms with Crippen molar-refractivity contribution in [1.82, 2.24) is 4.72 Å². The van der Waals surface area contributed by atoms with Crippen molar-refractivity contribution in [2.45, 2.75) is 19.9 Å². The Labute approximate surface area is 80.6 Å². The number of nitrogens with one attached hydrogen (secondary N) is 1. The molecular weight excluding hydrogens is 186 g/mol. The fourth-order valence-electron chi connectivity index (χ4n) is 1.07. The molecule has 1 N–H and O–H groups in total. The molecule has 0 heterocycles. The lowest BCUT2D eigenvalue weighted by Gasteiger charge is -2.15. The summed E-state index contributed by atoms with van der Waals surface area (Å²) in [7, 11) is 0. The SMILES string of the molecule is Cc1ccc(C(C)NS(=O)[O-])cc1. The maximum atomic E-state index is 10.3. The highest BCUT2D eigenvalue weighted by Gasteiger charge is 2.02. The first-order chi connectivity index (χ1) is 6.09. The predicted octanol–water partition coefficient (Wildman–Crippen LogP) is 1.44.